The number of carbonyl (C=O) groups is 2. The van der Waals surface area contributed by atoms with Crippen molar-refractivity contribution in [2.45, 2.75) is 64.8 Å². The molecular weight excluding hydrogens is 544 g/mol. The number of hydrogen-bond acceptors (Lipinski definition) is 8. The molecule has 0 unspecified atom stereocenters. The molecule has 2 aromatic carbocycles. The van der Waals surface area contributed by atoms with Gasteiger partial charge in [0.1, 0.15) is 12.4 Å². The lowest BCUT2D eigenvalue weighted by atomic mass is 9.93. The number of Topliss-reactive ketones (excluding diaryl/α,β-unsaturated/α-hetero) is 1. The van der Waals surface area contributed by atoms with Gasteiger partial charge in [0.2, 0.25) is 5.88 Å². The maximum Gasteiger partial charge on any atom is 0.337 e. The minimum absolute atomic E-state index is 0.0622. The van der Waals surface area contributed by atoms with E-state index in [1.807, 2.05) is 49.4 Å². The first-order valence-corrected chi connectivity index (χ1v) is 15.0. The van der Waals surface area contributed by atoms with Crippen molar-refractivity contribution in [2.75, 3.05) is 26.8 Å². The van der Waals surface area contributed by atoms with Crippen molar-refractivity contribution in [2.24, 2.45) is 0 Å². The van der Waals surface area contributed by atoms with Gasteiger partial charge >= 0.3 is 5.97 Å². The lowest BCUT2D eigenvalue weighted by molar-refractivity contribution is -0.0592. The van der Waals surface area contributed by atoms with Crippen molar-refractivity contribution in [1.82, 2.24) is 19.4 Å². The third-order valence-electron chi connectivity index (χ3n) is 8.67. The number of ketones is 1. The second-order valence-electron chi connectivity index (χ2n) is 11.6. The van der Waals surface area contributed by atoms with Crippen molar-refractivity contribution in [3.8, 4) is 5.88 Å². The Kier molecular flexibility index (Phi) is 8.54. The zero-order valence-corrected chi connectivity index (χ0v) is 25.0. The second-order valence-corrected chi connectivity index (χ2v) is 11.6. The molecule has 0 amide bonds. The minimum atomic E-state index is -0.348. The Hall–Kier alpha value is -4.08. The highest BCUT2D eigenvalue weighted by Crippen LogP contribution is 2.30. The Bertz CT molecular complexity index is 1640. The predicted molar refractivity (Wildman–Crippen MR) is 162 cm³/mol. The van der Waals surface area contributed by atoms with Gasteiger partial charge in [0.05, 0.1) is 42.9 Å². The summed E-state index contributed by atoms with van der Waals surface area (Å²) in [4.78, 5) is 36.1. The van der Waals surface area contributed by atoms with E-state index in [1.54, 1.807) is 13.0 Å². The van der Waals surface area contributed by atoms with Crippen molar-refractivity contribution in [1.29, 1.82) is 0 Å². The van der Waals surface area contributed by atoms with Crippen molar-refractivity contribution < 1.29 is 23.8 Å². The maximum atomic E-state index is 12.2. The number of carbonyl (C=O) groups excluding carboxylic acids is 2. The first-order valence-electron chi connectivity index (χ1n) is 15.0. The monoisotopic (exact) mass is 582 g/mol. The molecule has 2 fully saturated rings. The Morgan fingerprint density at radius 2 is 1.79 bits per heavy atom. The van der Waals surface area contributed by atoms with Crippen LogP contribution in [-0.4, -0.2) is 64.1 Å². The summed E-state index contributed by atoms with van der Waals surface area (Å²) in [5.41, 5.74) is 6.20. The standard InChI is InChI=1S/C34H38N4O5/c1-22-17-25(23(2)39)7-8-27(22)21-43-33-6-4-5-29(36-33)24-11-14-37(15-12-24)20-32-35-30-10-9-26(34(40)41-3)18-31(30)38(32)19-28-13-16-42-28/h4-10,17-18,24,28H,11-16,19-21H2,1-3H3/t28-/m0/s1. The van der Waals surface area contributed by atoms with Gasteiger partial charge in [-0.1, -0.05) is 18.2 Å². The van der Waals surface area contributed by atoms with Gasteiger partial charge in [0, 0.05) is 29.8 Å². The Labute approximate surface area is 251 Å². The van der Waals surface area contributed by atoms with Crippen molar-refractivity contribution in [3.05, 3.63) is 88.4 Å². The van der Waals surface area contributed by atoms with Crippen LogP contribution in [0.5, 0.6) is 5.88 Å². The largest absolute Gasteiger partial charge is 0.473 e. The third-order valence-corrected chi connectivity index (χ3v) is 8.67. The van der Waals surface area contributed by atoms with E-state index in [0.717, 1.165) is 85.7 Å². The van der Waals surface area contributed by atoms with E-state index < -0.39 is 0 Å². The summed E-state index contributed by atoms with van der Waals surface area (Å²) in [7, 11) is 1.40. The van der Waals surface area contributed by atoms with Gasteiger partial charge in [0.25, 0.3) is 0 Å². The van der Waals surface area contributed by atoms with Crippen LogP contribution in [0.25, 0.3) is 11.0 Å². The normalized spacial score (nSPS) is 17.5. The first-order chi connectivity index (χ1) is 20.9. The molecule has 1 atom stereocenters. The molecule has 0 N–H and O–H groups in total. The van der Waals surface area contributed by atoms with Crippen LogP contribution in [0.15, 0.2) is 54.6 Å². The zero-order chi connectivity index (χ0) is 29.9. The smallest absolute Gasteiger partial charge is 0.337 e. The number of methoxy groups -OCH3 is 1. The highest BCUT2D eigenvalue weighted by molar-refractivity contribution is 5.94. The number of fused-ring (bicyclic) bond motifs is 1. The number of aromatic nitrogens is 3. The van der Waals surface area contributed by atoms with Crippen molar-refractivity contribution >= 4 is 22.8 Å². The number of likely N-dealkylation sites (tertiary alicyclic amines) is 1. The van der Waals surface area contributed by atoms with E-state index in [9.17, 15) is 9.59 Å². The zero-order valence-electron chi connectivity index (χ0n) is 25.0. The fourth-order valence-corrected chi connectivity index (χ4v) is 5.93. The topological polar surface area (TPSA) is 95.8 Å². The van der Waals surface area contributed by atoms with Crippen LogP contribution in [0.3, 0.4) is 0 Å². The molecule has 2 aromatic heterocycles. The average molecular weight is 583 g/mol. The van der Waals surface area contributed by atoms with Crippen LogP contribution >= 0.6 is 0 Å². The number of piperidine rings is 1. The molecule has 4 heterocycles. The number of nitrogens with zero attached hydrogens (tertiary/aromatic N) is 4. The molecule has 0 saturated carbocycles. The predicted octanol–water partition coefficient (Wildman–Crippen LogP) is 5.48. The molecule has 6 rings (SSSR count). The van der Waals surface area contributed by atoms with Gasteiger partial charge in [-0.25, -0.2) is 14.8 Å². The second kappa shape index (κ2) is 12.7. The number of rotatable bonds is 10. The van der Waals surface area contributed by atoms with E-state index >= 15 is 0 Å². The van der Waals surface area contributed by atoms with E-state index in [4.69, 9.17) is 24.2 Å². The lowest BCUT2D eigenvalue weighted by Gasteiger charge is -2.32. The number of esters is 1. The Balaban J connectivity index is 1.10. The number of ether oxygens (including phenoxy) is 3. The molecule has 2 saturated heterocycles. The molecule has 224 valence electrons. The molecular formula is C34H38N4O5. The third kappa shape index (κ3) is 6.48. The van der Waals surface area contributed by atoms with Gasteiger partial charge in [0.15, 0.2) is 5.78 Å². The van der Waals surface area contributed by atoms with E-state index in [0.29, 0.717) is 29.5 Å². The summed E-state index contributed by atoms with van der Waals surface area (Å²) in [5, 5.41) is 0. The van der Waals surface area contributed by atoms with E-state index in [1.165, 1.54) is 7.11 Å². The van der Waals surface area contributed by atoms with Gasteiger partial charge in [-0.15, -0.1) is 0 Å². The number of aryl methyl sites for hydroxylation is 1. The lowest BCUT2D eigenvalue weighted by Crippen LogP contribution is -2.35. The number of benzene rings is 2. The minimum Gasteiger partial charge on any atom is -0.473 e. The highest BCUT2D eigenvalue weighted by atomic mass is 16.5. The van der Waals surface area contributed by atoms with Crippen LogP contribution in [0.4, 0.5) is 0 Å². The van der Waals surface area contributed by atoms with E-state index in [2.05, 4.69) is 15.5 Å². The molecule has 2 aliphatic heterocycles. The summed E-state index contributed by atoms with van der Waals surface area (Å²) in [6.07, 6.45) is 3.21. The van der Waals surface area contributed by atoms with Crippen LogP contribution in [0.1, 0.15) is 75.5 Å². The summed E-state index contributed by atoms with van der Waals surface area (Å²) in [6.45, 7) is 8.12. The van der Waals surface area contributed by atoms with Gasteiger partial charge in [-0.2, -0.15) is 0 Å². The molecule has 2 aliphatic rings. The summed E-state index contributed by atoms with van der Waals surface area (Å²) in [6, 6.07) is 17.3. The molecule has 0 spiro atoms. The number of pyridine rings is 1. The van der Waals surface area contributed by atoms with Crippen LogP contribution in [0.2, 0.25) is 0 Å². The van der Waals surface area contributed by atoms with Crippen molar-refractivity contribution in [3.63, 3.8) is 0 Å². The van der Waals surface area contributed by atoms with Gasteiger partial charge in [-0.3, -0.25) is 9.69 Å². The average Bonchev–Trinajstić information content (AvgIpc) is 3.34. The van der Waals surface area contributed by atoms with Crippen LogP contribution < -0.4 is 4.74 Å². The van der Waals surface area contributed by atoms with E-state index in [-0.39, 0.29) is 17.9 Å². The summed E-state index contributed by atoms with van der Waals surface area (Å²) < 4.78 is 19.0. The van der Waals surface area contributed by atoms with Crippen LogP contribution in [-0.2, 0) is 29.2 Å². The number of imidazole rings is 1. The number of hydrogen-bond donors (Lipinski definition) is 0. The highest BCUT2D eigenvalue weighted by Gasteiger charge is 2.26. The molecule has 9 nitrogen and oxygen atoms in total. The fraction of sp³-hybridized carbons (Fsp3) is 0.412. The summed E-state index contributed by atoms with van der Waals surface area (Å²) in [5.74, 6) is 1.69. The molecule has 4 aromatic rings. The molecule has 0 aliphatic carbocycles. The SMILES string of the molecule is COC(=O)c1ccc2nc(CN3CCC(c4cccc(OCc5ccc(C(C)=O)cc5C)n4)CC3)n(C[C@@H]3CCO3)c2c1. The quantitative estimate of drug-likeness (QED) is 0.179. The Morgan fingerprint density at radius 3 is 2.49 bits per heavy atom. The molecule has 0 bridgehead atoms. The van der Waals surface area contributed by atoms with Gasteiger partial charge < -0.3 is 18.8 Å². The summed E-state index contributed by atoms with van der Waals surface area (Å²) >= 11 is 0. The Morgan fingerprint density at radius 1 is 1.00 bits per heavy atom. The van der Waals surface area contributed by atoms with Crippen LogP contribution in [0, 0.1) is 6.92 Å². The maximum absolute atomic E-state index is 12.2. The molecule has 9 heteroatoms. The van der Waals surface area contributed by atoms with Gasteiger partial charge in [-0.05, 0) is 87.7 Å². The molecule has 43 heavy (non-hydrogen) atoms. The molecule has 0 radical (unpaired) electrons. The fourth-order valence-electron chi connectivity index (χ4n) is 5.93. The first kappa shape index (κ1) is 29.0.